The van der Waals surface area contributed by atoms with Crippen molar-refractivity contribution in [3.63, 3.8) is 0 Å². The van der Waals surface area contributed by atoms with Gasteiger partial charge in [0.15, 0.2) is 0 Å². The van der Waals surface area contributed by atoms with Gasteiger partial charge in [-0.2, -0.15) is 0 Å². The van der Waals surface area contributed by atoms with E-state index in [0.717, 1.165) is 12.8 Å². The Morgan fingerprint density at radius 2 is 1.94 bits per heavy atom. The summed E-state index contributed by atoms with van der Waals surface area (Å²) in [7, 11) is 0. The molecule has 0 spiro atoms. The van der Waals surface area contributed by atoms with Gasteiger partial charge in [-0.3, -0.25) is 4.79 Å². The van der Waals surface area contributed by atoms with Gasteiger partial charge in [-0.15, -0.1) is 6.58 Å². The van der Waals surface area contributed by atoms with Crippen molar-refractivity contribution >= 4 is 5.91 Å². The number of carbonyl (C=O) groups is 1. The second kappa shape index (κ2) is 5.80. The summed E-state index contributed by atoms with van der Waals surface area (Å²) in [4.78, 5) is 14.2. The lowest BCUT2D eigenvalue weighted by Gasteiger charge is -2.28. The zero-order chi connectivity index (χ0) is 13.0. The first-order chi connectivity index (χ1) is 8.72. The Morgan fingerprint density at radius 3 is 2.50 bits per heavy atom. The number of nitrogens with zero attached hydrogens (tertiary/aromatic N) is 1. The molecule has 1 aliphatic rings. The molecule has 0 radical (unpaired) electrons. The maximum absolute atomic E-state index is 12.9. The molecule has 0 bridgehead atoms. The number of hydrogen-bond donors (Lipinski definition) is 0. The molecule has 96 valence electrons. The van der Waals surface area contributed by atoms with Crippen LogP contribution < -0.4 is 0 Å². The van der Waals surface area contributed by atoms with Crippen molar-refractivity contribution in [2.24, 2.45) is 0 Å². The van der Waals surface area contributed by atoms with Gasteiger partial charge in [-0.05, 0) is 37.1 Å². The van der Waals surface area contributed by atoms with Gasteiger partial charge in [0.2, 0.25) is 0 Å². The van der Waals surface area contributed by atoms with Crippen molar-refractivity contribution in [2.75, 3.05) is 6.54 Å². The highest BCUT2D eigenvalue weighted by molar-refractivity contribution is 5.94. The van der Waals surface area contributed by atoms with Crippen molar-refractivity contribution in [3.05, 3.63) is 48.3 Å². The van der Waals surface area contributed by atoms with Gasteiger partial charge in [-0.1, -0.05) is 18.9 Å². The molecule has 1 aromatic rings. The second-order valence-electron chi connectivity index (χ2n) is 4.69. The highest BCUT2D eigenvalue weighted by atomic mass is 19.1. The number of halogens is 1. The van der Waals surface area contributed by atoms with Gasteiger partial charge >= 0.3 is 0 Å². The van der Waals surface area contributed by atoms with E-state index in [9.17, 15) is 9.18 Å². The van der Waals surface area contributed by atoms with E-state index in [1.54, 1.807) is 18.2 Å². The van der Waals surface area contributed by atoms with Crippen LogP contribution in [0.3, 0.4) is 0 Å². The topological polar surface area (TPSA) is 20.3 Å². The highest BCUT2D eigenvalue weighted by Crippen LogP contribution is 2.24. The molecule has 0 aliphatic heterocycles. The minimum Gasteiger partial charge on any atom is -0.332 e. The molecular weight excluding hydrogens is 229 g/mol. The van der Waals surface area contributed by atoms with Gasteiger partial charge in [0.1, 0.15) is 5.82 Å². The summed E-state index contributed by atoms with van der Waals surface area (Å²) in [6.45, 7) is 4.26. The smallest absolute Gasteiger partial charge is 0.254 e. The Hall–Kier alpha value is -1.64. The molecule has 18 heavy (non-hydrogen) atoms. The van der Waals surface area contributed by atoms with Crippen molar-refractivity contribution < 1.29 is 9.18 Å². The third kappa shape index (κ3) is 2.78. The molecule has 0 heterocycles. The zero-order valence-corrected chi connectivity index (χ0v) is 10.4. The Kier molecular flexibility index (Phi) is 4.13. The third-order valence-corrected chi connectivity index (χ3v) is 3.44. The summed E-state index contributed by atoms with van der Waals surface area (Å²) in [5.74, 6) is -0.343. The summed E-state index contributed by atoms with van der Waals surface area (Å²) in [5, 5.41) is 0. The van der Waals surface area contributed by atoms with E-state index in [1.807, 2.05) is 4.90 Å². The minimum absolute atomic E-state index is 0.0261. The van der Waals surface area contributed by atoms with Crippen LogP contribution in [0.4, 0.5) is 4.39 Å². The molecule has 1 aromatic carbocycles. The van der Waals surface area contributed by atoms with E-state index in [4.69, 9.17) is 0 Å². The zero-order valence-electron chi connectivity index (χ0n) is 10.4. The van der Waals surface area contributed by atoms with Crippen LogP contribution in [0, 0.1) is 5.82 Å². The lowest BCUT2D eigenvalue weighted by atomic mass is 10.1. The molecule has 0 aromatic heterocycles. The van der Waals surface area contributed by atoms with Crippen LogP contribution in [0.1, 0.15) is 36.0 Å². The molecule has 1 fully saturated rings. The van der Waals surface area contributed by atoms with E-state index in [0.29, 0.717) is 18.2 Å². The van der Waals surface area contributed by atoms with Crippen molar-refractivity contribution in [1.82, 2.24) is 4.90 Å². The number of benzene rings is 1. The van der Waals surface area contributed by atoms with Gasteiger partial charge in [-0.25, -0.2) is 4.39 Å². The van der Waals surface area contributed by atoms with E-state index >= 15 is 0 Å². The first kappa shape index (κ1) is 12.8. The van der Waals surface area contributed by atoms with E-state index in [-0.39, 0.29) is 11.7 Å². The quantitative estimate of drug-likeness (QED) is 0.747. The molecule has 3 heteroatoms. The average Bonchev–Trinajstić information content (AvgIpc) is 2.90. The van der Waals surface area contributed by atoms with Crippen LogP contribution in [0.5, 0.6) is 0 Å². The number of amides is 1. The van der Waals surface area contributed by atoms with Crippen LogP contribution in [-0.4, -0.2) is 23.4 Å². The molecule has 0 unspecified atom stereocenters. The van der Waals surface area contributed by atoms with Crippen LogP contribution in [-0.2, 0) is 0 Å². The van der Waals surface area contributed by atoms with Crippen LogP contribution in [0.25, 0.3) is 0 Å². The number of carbonyl (C=O) groups excluding carboxylic acids is 1. The standard InChI is InChI=1S/C15H18FNO/c1-2-11-17(14-5-3-4-6-14)15(18)12-7-9-13(16)10-8-12/h2,7-10,14H,1,3-6,11H2. The van der Waals surface area contributed by atoms with E-state index in [2.05, 4.69) is 6.58 Å². The van der Waals surface area contributed by atoms with E-state index in [1.165, 1.54) is 25.0 Å². The first-order valence-corrected chi connectivity index (χ1v) is 6.40. The lowest BCUT2D eigenvalue weighted by molar-refractivity contribution is 0.0706. The van der Waals surface area contributed by atoms with E-state index < -0.39 is 0 Å². The molecule has 1 aliphatic carbocycles. The summed E-state index contributed by atoms with van der Waals surface area (Å²) in [6.07, 6.45) is 6.21. The second-order valence-corrected chi connectivity index (χ2v) is 4.69. The van der Waals surface area contributed by atoms with Crippen LogP contribution in [0.15, 0.2) is 36.9 Å². The monoisotopic (exact) mass is 247 g/mol. The van der Waals surface area contributed by atoms with Gasteiger partial charge in [0.25, 0.3) is 5.91 Å². The maximum atomic E-state index is 12.9. The summed E-state index contributed by atoms with van der Waals surface area (Å²) >= 11 is 0. The Morgan fingerprint density at radius 1 is 1.33 bits per heavy atom. The van der Waals surface area contributed by atoms with Crippen LogP contribution >= 0.6 is 0 Å². The number of hydrogen-bond acceptors (Lipinski definition) is 1. The SMILES string of the molecule is C=CCN(C(=O)c1ccc(F)cc1)C1CCCC1. The molecule has 0 saturated heterocycles. The minimum atomic E-state index is -0.317. The summed E-state index contributed by atoms with van der Waals surface area (Å²) < 4.78 is 12.9. The van der Waals surface area contributed by atoms with Crippen molar-refractivity contribution in [1.29, 1.82) is 0 Å². The lowest BCUT2D eigenvalue weighted by Crippen LogP contribution is -2.38. The maximum Gasteiger partial charge on any atom is 0.254 e. The van der Waals surface area contributed by atoms with Gasteiger partial charge in [0, 0.05) is 18.2 Å². The molecule has 1 saturated carbocycles. The molecule has 2 nitrogen and oxygen atoms in total. The summed E-state index contributed by atoms with van der Waals surface area (Å²) in [5.41, 5.74) is 0.546. The normalized spacial score (nSPS) is 15.6. The van der Waals surface area contributed by atoms with Crippen LogP contribution in [0.2, 0.25) is 0 Å². The fraction of sp³-hybridized carbons (Fsp3) is 0.400. The Balaban J connectivity index is 2.16. The predicted molar refractivity (Wildman–Crippen MR) is 69.9 cm³/mol. The average molecular weight is 247 g/mol. The first-order valence-electron chi connectivity index (χ1n) is 6.40. The fourth-order valence-electron chi connectivity index (χ4n) is 2.51. The van der Waals surface area contributed by atoms with Gasteiger partial charge in [0.05, 0.1) is 0 Å². The predicted octanol–water partition coefficient (Wildman–Crippen LogP) is 3.40. The molecule has 0 atom stereocenters. The number of rotatable bonds is 4. The van der Waals surface area contributed by atoms with Crippen molar-refractivity contribution in [3.8, 4) is 0 Å². The molecule has 1 amide bonds. The third-order valence-electron chi connectivity index (χ3n) is 3.44. The largest absolute Gasteiger partial charge is 0.332 e. The summed E-state index contributed by atoms with van der Waals surface area (Å²) in [6, 6.07) is 6.05. The Bertz CT molecular complexity index is 421. The highest BCUT2D eigenvalue weighted by Gasteiger charge is 2.26. The fourth-order valence-corrected chi connectivity index (χ4v) is 2.51. The molecular formula is C15H18FNO. The molecule has 0 N–H and O–H groups in total. The van der Waals surface area contributed by atoms with Crippen molar-refractivity contribution in [2.45, 2.75) is 31.7 Å². The Labute approximate surface area is 107 Å². The molecule has 2 rings (SSSR count). The van der Waals surface area contributed by atoms with Gasteiger partial charge < -0.3 is 4.90 Å².